The van der Waals surface area contributed by atoms with Crippen molar-refractivity contribution in [2.45, 2.75) is 17.4 Å². The van der Waals surface area contributed by atoms with Gasteiger partial charge in [-0.05, 0) is 56.1 Å². The fourth-order valence-corrected chi connectivity index (χ4v) is 3.49. The van der Waals surface area contributed by atoms with E-state index >= 15 is 0 Å². The Morgan fingerprint density at radius 1 is 1.15 bits per heavy atom. The van der Waals surface area contributed by atoms with Crippen molar-refractivity contribution in [3.8, 4) is 5.75 Å². The standard InChI is InChI=1S/C20H25ClN2O2S/c1-23(2)19(15-4-8-17(25-3)9-5-15)14-22-20(24)12-13-26-18-10-6-16(21)7-11-18/h4-11,19H,12-14H2,1-3H3,(H,22,24). The Kier molecular flexibility index (Phi) is 8.29. The molecule has 4 nitrogen and oxygen atoms in total. The molecule has 0 saturated heterocycles. The van der Waals surface area contributed by atoms with Gasteiger partial charge in [-0.25, -0.2) is 0 Å². The van der Waals surface area contributed by atoms with E-state index in [1.165, 1.54) is 0 Å². The number of thioether (sulfide) groups is 1. The van der Waals surface area contributed by atoms with Gasteiger partial charge < -0.3 is 15.0 Å². The summed E-state index contributed by atoms with van der Waals surface area (Å²) in [4.78, 5) is 15.4. The Hall–Kier alpha value is -1.69. The predicted octanol–water partition coefficient (Wildman–Crippen LogP) is 4.25. The topological polar surface area (TPSA) is 41.6 Å². The third-order valence-electron chi connectivity index (χ3n) is 4.03. The minimum Gasteiger partial charge on any atom is -0.497 e. The van der Waals surface area contributed by atoms with Crippen molar-refractivity contribution >= 4 is 29.3 Å². The molecule has 6 heteroatoms. The van der Waals surface area contributed by atoms with Gasteiger partial charge in [0, 0.05) is 28.6 Å². The number of carbonyl (C=O) groups excluding carboxylic acids is 1. The highest BCUT2D eigenvalue weighted by Crippen LogP contribution is 2.22. The Labute approximate surface area is 164 Å². The number of likely N-dealkylation sites (N-methyl/N-ethyl adjacent to an activating group) is 1. The third-order valence-corrected chi connectivity index (χ3v) is 5.29. The van der Waals surface area contributed by atoms with Gasteiger partial charge in [-0.2, -0.15) is 0 Å². The molecular formula is C20H25ClN2O2S. The van der Waals surface area contributed by atoms with Gasteiger partial charge in [0.2, 0.25) is 5.91 Å². The molecule has 1 unspecified atom stereocenters. The van der Waals surface area contributed by atoms with Crippen molar-refractivity contribution in [1.29, 1.82) is 0 Å². The number of nitrogens with one attached hydrogen (secondary N) is 1. The monoisotopic (exact) mass is 392 g/mol. The van der Waals surface area contributed by atoms with E-state index in [0.717, 1.165) is 27.0 Å². The van der Waals surface area contributed by atoms with E-state index in [0.29, 0.717) is 13.0 Å². The minimum atomic E-state index is 0.0619. The van der Waals surface area contributed by atoms with E-state index in [4.69, 9.17) is 16.3 Å². The van der Waals surface area contributed by atoms with Crippen LogP contribution >= 0.6 is 23.4 Å². The Morgan fingerprint density at radius 3 is 2.38 bits per heavy atom. The van der Waals surface area contributed by atoms with Crippen molar-refractivity contribution in [3.05, 3.63) is 59.1 Å². The first kappa shape index (κ1) is 20.6. The van der Waals surface area contributed by atoms with Crippen molar-refractivity contribution in [2.75, 3.05) is 33.5 Å². The molecule has 0 radical (unpaired) electrons. The number of hydrogen-bond acceptors (Lipinski definition) is 4. The molecule has 0 aliphatic carbocycles. The quantitative estimate of drug-likeness (QED) is 0.648. The maximum absolute atomic E-state index is 12.2. The lowest BCUT2D eigenvalue weighted by Gasteiger charge is -2.25. The molecular weight excluding hydrogens is 368 g/mol. The number of methoxy groups -OCH3 is 1. The number of rotatable bonds is 9. The summed E-state index contributed by atoms with van der Waals surface area (Å²) in [7, 11) is 5.68. The highest BCUT2D eigenvalue weighted by Gasteiger charge is 2.15. The second-order valence-corrected chi connectivity index (χ2v) is 7.71. The summed E-state index contributed by atoms with van der Waals surface area (Å²) in [6.45, 7) is 0.573. The van der Waals surface area contributed by atoms with Crippen molar-refractivity contribution in [1.82, 2.24) is 10.2 Å². The molecule has 2 aromatic carbocycles. The Balaban J connectivity index is 1.80. The molecule has 2 rings (SSSR count). The lowest BCUT2D eigenvalue weighted by molar-refractivity contribution is -0.120. The van der Waals surface area contributed by atoms with Gasteiger partial charge in [-0.1, -0.05) is 23.7 Å². The van der Waals surface area contributed by atoms with E-state index < -0.39 is 0 Å². The zero-order chi connectivity index (χ0) is 18.9. The maximum atomic E-state index is 12.2. The van der Waals surface area contributed by atoms with Crippen LogP contribution in [0.25, 0.3) is 0 Å². The average Bonchev–Trinajstić information content (AvgIpc) is 2.64. The summed E-state index contributed by atoms with van der Waals surface area (Å²) in [5, 5.41) is 3.76. The Morgan fingerprint density at radius 2 is 1.81 bits per heavy atom. The molecule has 140 valence electrons. The van der Waals surface area contributed by atoms with Crippen LogP contribution in [0.2, 0.25) is 5.02 Å². The summed E-state index contributed by atoms with van der Waals surface area (Å²) in [6.07, 6.45) is 0.482. The summed E-state index contributed by atoms with van der Waals surface area (Å²) < 4.78 is 5.20. The van der Waals surface area contributed by atoms with Crippen LogP contribution in [0.5, 0.6) is 5.75 Å². The average molecular weight is 393 g/mol. The van der Waals surface area contributed by atoms with Gasteiger partial charge in [0.05, 0.1) is 13.2 Å². The number of carbonyl (C=O) groups is 1. The molecule has 1 atom stereocenters. The summed E-state index contributed by atoms with van der Waals surface area (Å²) in [5.74, 6) is 1.63. The molecule has 0 bridgehead atoms. The number of hydrogen-bond donors (Lipinski definition) is 1. The van der Waals surface area contributed by atoms with Gasteiger partial charge in [0.25, 0.3) is 0 Å². The smallest absolute Gasteiger partial charge is 0.220 e. The van der Waals surface area contributed by atoms with E-state index in [1.54, 1.807) is 18.9 Å². The van der Waals surface area contributed by atoms with Gasteiger partial charge in [0.15, 0.2) is 0 Å². The third kappa shape index (κ3) is 6.56. The maximum Gasteiger partial charge on any atom is 0.220 e. The second kappa shape index (κ2) is 10.5. The molecule has 1 amide bonds. The number of amides is 1. The molecule has 2 aromatic rings. The summed E-state index contributed by atoms with van der Waals surface area (Å²) in [6, 6.07) is 15.7. The zero-order valence-electron chi connectivity index (χ0n) is 15.4. The molecule has 26 heavy (non-hydrogen) atoms. The second-order valence-electron chi connectivity index (χ2n) is 6.11. The molecule has 0 heterocycles. The SMILES string of the molecule is COc1ccc(C(CNC(=O)CCSc2ccc(Cl)cc2)N(C)C)cc1. The first-order valence-electron chi connectivity index (χ1n) is 8.45. The van der Waals surface area contributed by atoms with Crippen molar-refractivity contribution < 1.29 is 9.53 Å². The van der Waals surface area contributed by atoms with Crippen LogP contribution in [0.4, 0.5) is 0 Å². The van der Waals surface area contributed by atoms with Crippen LogP contribution < -0.4 is 10.1 Å². The Bertz CT molecular complexity index is 690. The first-order chi connectivity index (χ1) is 12.5. The number of nitrogens with zero attached hydrogens (tertiary/aromatic N) is 1. The van der Waals surface area contributed by atoms with Crippen molar-refractivity contribution in [2.24, 2.45) is 0 Å². The van der Waals surface area contributed by atoms with Crippen molar-refractivity contribution in [3.63, 3.8) is 0 Å². The van der Waals surface area contributed by atoms with E-state index in [1.807, 2.05) is 62.6 Å². The minimum absolute atomic E-state index is 0.0619. The fourth-order valence-electron chi connectivity index (χ4n) is 2.52. The number of ether oxygens (including phenoxy) is 1. The lowest BCUT2D eigenvalue weighted by atomic mass is 10.1. The summed E-state index contributed by atoms with van der Waals surface area (Å²) in [5.41, 5.74) is 1.15. The van der Waals surface area contributed by atoms with Gasteiger partial charge in [0.1, 0.15) is 5.75 Å². The van der Waals surface area contributed by atoms with Crippen LogP contribution in [0.1, 0.15) is 18.0 Å². The van der Waals surface area contributed by atoms with Crippen LogP contribution in [0, 0.1) is 0 Å². The number of halogens is 1. The molecule has 0 aliphatic rings. The van der Waals surface area contributed by atoms with Crippen LogP contribution in [-0.2, 0) is 4.79 Å². The van der Waals surface area contributed by atoms with Gasteiger partial charge in [-0.15, -0.1) is 11.8 Å². The van der Waals surface area contributed by atoms with Crippen LogP contribution in [0.15, 0.2) is 53.4 Å². The van der Waals surface area contributed by atoms with Gasteiger partial charge >= 0.3 is 0 Å². The van der Waals surface area contributed by atoms with Crippen LogP contribution in [-0.4, -0.2) is 44.3 Å². The molecule has 0 spiro atoms. The molecule has 1 N–H and O–H groups in total. The van der Waals surface area contributed by atoms with E-state index in [2.05, 4.69) is 10.2 Å². The largest absolute Gasteiger partial charge is 0.497 e. The van der Waals surface area contributed by atoms with Gasteiger partial charge in [-0.3, -0.25) is 4.79 Å². The first-order valence-corrected chi connectivity index (χ1v) is 9.81. The van der Waals surface area contributed by atoms with E-state index in [-0.39, 0.29) is 11.9 Å². The lowest BCUT2D eigenvalue weighted by Crippen LogP contribution is -2.34. The normalized spacial score (nSPS) is 12.0. The van der Waals surface area contributed by atoms with E-state index in [9.17, 15) is 4.79 Å². The highest BCUT2D eigenvalue weighted by molar-refractivity contribution is 7.99. The predicted molar refractivity (Wildman–Crippen MR) is 109 cm³/mol. The molecule has 0 saturated carbocycles. The van der Waals surface area contributed by atoms with Crippen LogP contribution in [0.3, 0.4) is 0 Å². The number of benzene rings is 2. The zero-order valence-corrected chi connectivity index (χ0v) is 16.9. The molecule has 0 aromatic heterocycles. The fraction of sp³-hybridized carbons (Fsp3) is 0.350. The highest BCUT2D eigenvalue weighted by atomic mass is 35.5. The molecule has 0 aliphatic heterocycles. The molecule has 0 fully saturated rings. The summed E-state index contributed by atoms with van der Waals surface area (Å²) >= 11 is 7.53.